The summed E-state index contributed by atoms with van der Waals surface area (Å²) < 4.78 is 38.2. The molecule has 1 aromatic heterocycles. The van der Waals surface area contributed by atoms with Gasteiger partial charge in [-0.1, -0.05) is 6.42 Å². The summed E-state index contributed by atoms with van der Waals surface area (Å²) in [5, 5.41) is 5.72. The van der Waals surface area contributed by atoms with E-state index in [1.165, 1.54) is 6.07 Å². The van der Waals surface area contributed by atoms with Gasteiger partial charge in [-0.05, 0) is 31.8 Å². The first kappa shape index (κ1) is 17.9. The van der Waals surface area contributed by atoms with E-state index in [9.17, 15) is 13.2 Å². The third kappa shape index (κ3) is 6.88. The summed E-state index contributed by atoms with van der Waals surface area (Å²) >= 11 is 1.79. The second-order valence-corrected chi connectivity index (χ2v) is 5.46. The van der Waals surface area contributed by atoms with Gasteiger partial charge in [0.1, 0.15) is 11.6 Å². The summed E-state index contributed by atoms with van der Waals surface area (Å²) in [6, 6.07) is 1.50. The molecule has 0 unspecified atom stereocenters. The predicted molar refractivity (Wildman–Crippen MR) is 81.9 cm³/mol. The lowest BCUT2D eigenvalue weighted by molar-refractivity contribution is -0.144. The van der Waals surface area contributed by atoms with Crippen LogP contribution in [0, 0.1) is 0 Å². The van der Waals surface area contributed by atoms with E-state index in [0.29, 0.717) is 13.1 Å². The summed E-state index contributed by atoms with van der Waals surface area (Å²) in [5.41, 5.74) is 0. The van der Waals surface area contributed by atoms with Crippen molar-refractivity contribution in [3.8, 4) is 0 Å². The van der Waals surface area contributed by atoms with Crippen LogP contribution in [0.1, 0.15) is 32.0 Å². The van der Waals surface area contributed by atoms with Crippen molar-refractivity contribution in [2.45, 2.75) is 32.4 Å². The molecule has 0 saturated carbocycles. The van der Waals surface area contributed by atoms with Gasteiger partial charge in [-0.25, -0.2) is 9.97 Å². The van der Waals surface area contributed by atoms with E-state index in [1.807, 2.05) is 0 Å². The van der Waals surface area contributed by atoms with Gasteiger partial charge in [-0.2, -0.15) is 24.9 Å². The van der Waals surface area contributed by atoms with Crippen molar-refractivity contribution < 1.29 is 13.2 Å². The Hall–Kier alpha value is -1.18. The van der Waals surface area contributed by atoms with Crippen LogP contribution in [0.5, 0.6) is 0 Å². The third-order valence-electron chi connectivity index (χ3n) is 2.67. The number of aromatic nitrogens is 2. The minimum atomic E-state index is -4.54. The summed E-state index contributed by atoms with van der Waals surface area (Å²) in [6.07, 6.45) is 0.580. The molecule has 8 heteroatoms. The standard InChI is InChI=1S/C13H21F3N4S/c1-3-17-10-9-11(18-7-5-4-6-8-21-2)20-12(19-10)13(14,15)16/h9H,3-8H2,1-2H3,(H2,17,18,19,20). The molecule has 0 aromatic carbocycles. The number of unbranched alkanes of at least 4 members (excludes halogenated alkanes) is 2. The molecule has 0 bridgehead atoms. The van der Waals surface area contributed by atoms with Crippen molar-refractivity contribution in [2.75, 3.05) is 35.7 Å². The molecule has 0 radical (unpaired) electrons. The Kier molecular flexibility index (Phi) is 7.63. The van der Waals surface area contributed by atoms with Crippen LogP contribution in [-0.4, -0.2) is 35.1 Å². The number of halogens is 3. The van der Waals surface area contributed by atoms with Crippen molar-refractivity contribution in [3.63, 3.8) is 0 Å². The molecule has 1 heterocycles. The minimum absolute atomic E-state index is 0.185. The molecular weight excluding hydrogens is 301 g/mol. The molecule has 0 amide bonds. The lowest BCUT2D eigenvalue weighted by atomic mass is 10.2. The highest BCUT2D eigenvalue weighted by Crippen LogP contribution is 2.28. The lowest BCUT2D eigenvalue weighted by Crippen LogP contribution is -2.15. The Labute approximate surface area is 127 Å². The van der Waals surface area contributed by atoms with E-state index in [-0.39, 0.29) is 11.6 Å². The van der Waals surface area contributed by atoms with Gasteiger partial charge in [0, 0.05) is 19.2 Å². The molecule has 0 aliphatic rings. The highest BCUT2D eigenvalue weighted by molar-refractivity contribution is 7.98. The summed E-state index contributed by atoms with van der Waals surface area (Å²) in [5.74, 6) is 0.379. The number of rotatable bonds is 9. The van der Waals surface area contributed by atoms with Gasteiger partial charge in [0.2, 0.25) is 5.82 Å². The Morgan fingerprint density at radius 3 is 2.33 bits per heavy atom. The van der Waals surface area contributed by atoms with Gasteiger partial charge in [-0.15, -0.1) is 0 Å². The number of anilines is 2. The molecule has 1 aromatic rings. The van der Waals surface area contributed by atoms with Crippen LogP contribution in [-0.2, 0) is 6.18 Å². The fourth-order valence-corrected chi connectivity index (χ4v) is 2.19. The Morgan fingerprint density at radius 1 is 1.10 bits per heavy atom. The van der Waals surface area contributed by atoms with E-state index >= 15 is 0 Å². The minimum Gasteiger partial charge on any atom is -0.370 e. The summed E-state index contributed by atoms with van der Waals surface area (Å²) in [7, 11) is 0. The van der Waals surface area contributed by atoms with Crippen LogP contribution in [0.15, 0.2) is 6.07 Å². The summed E-state index contributed by atoms with van der Waals surface area (Å²) in [6.45, 7) is 2.91. The molecule has 4 nitrogen and oxygen atoms in total. The lowest BCUT2D eigenvalue weighted by Gasteiger charge is -2.12. The predicted octanol–water partition coefficient (Wildman–Crippen LogP) is 3.87. The monoisotopic (exact) mass is 322 g/mol. The first-order valence-electron chi connectivity index (χ1n) is 6.90. The fourth-order valence-electron chi connectivity index (χ4n) is 1.70. The van der Waals surface area contributed by atoms with E-state index in [4.69, 9.17) is 0 Å². The number of hydrogen-bond donors (Lipinski definition) is 2. The zero-order valence-electron chi connectivity index (χ0n) is 12.3. The Balaban J connectivity index is 2.61. The number of nitrogens with zero attached hydrogens (tertiary/aromatic N) is 2. The van der Waals surface area contributed by atoms with Crippen molar-refractivity contribution in [3.05, 3.63) is 11.9 Å². The molecule has 2 N–H and O–H groups in total. The van der Waals surface area contributed by atoms with Crippen LogP contribution < -0.4 is 10.6 Å². The normalized spacial score (nSPS) is 11.5. The van der Waals surface area contributed by atoms with E-state index < -0.39 is 12.0 Å². The van der Waals surface area contributed by atoms with Crippen molar-refractivity contribution in [2.24, 2.45) is 0 Å². The maximum Gasteiger partial charge on any atom is 0.451 e. The second-order valence-electron chi connectivity index (χ2n) is 4.47. The first-order chi connectivity index (χ1) is 9.97. The molecule has 0 spiro atoms. The van der Waals surface area contributed by atoms with Crippen LogP contribution in [0.25, 0.3) is 0 Å². The van der Waals surface area contributed by atoms with Gasteiger partial charge in [0.15, 0.2) is 0 Å². The van der Waals surface area contributed by atoms with E-state index in [1.54, 1.807) is 18.7 Å². The zero-order valence-corrected chi connectivity index (χ0v) is 13.1. The average molecular weight is 322 g/mol. The molecule has 0 atom stereocenters. The second kappa shape index (κ2) is 8.96. The van der Waals surface area contributed by atoms with Gasteiger partial charge in [0.25, 0.3) is 0 Å². The quantitative estimate of drug-likeness (QED) is 0.676. The van der Waals surface area contributed by atoms with Crippen molar-refractivity contribution in [1.82, 2.24) is 9.97 Å². The molecule has 0 fully saturated rings. The topological polar surface area (TPSA) is 49.8 Å². The van der Waals surface area contributed by atoms with Gasteiger partial charge in [0.05, 0.1) is 0 Å². The molecule has 1 rings (SSSR count). The maximum atomic E-state index is 12.7. The number of nitrogens with one attached hydrogen (secondary N) is 2. The van der Waals surface area contributed by atoms with Gasteiger partial charge in [-0.3, -0.25) is 0 Å². The van der Waals surface area contributed by atoms with E-state index in [2.05, 4.69) is 26.9 Å². The Morgan fingerprint density at radius 2 is 1.76 bits per heavy atom. The number of hydrogen-bond acceptors (Lipinski definition) is 5. The van der Waals surface area contributed by atoms with Crippen LogP contribution in [0.4, 0.5) is 24.8 Å². The van der Waals surface area contributed by atoms with Crippen LogP contribution in [0.2, 0.25) is 0 Å². The van der Waals surface area contributed by atoms with Crippen LogP contribution in [0.3, 0.4) is 0 Å². The Bertz CT molecular complexity index is 426. The first-order valence-corrected chi connectivity index (χ1v) is 8.29. The largest absolute Gasteiger partial charge is 0.451 e. The average Bonchev–Trinajstić information content (AvgIpc) is 2.42. The molecule has 0 aliphatic carbocycles. The summed E-state index contributed by atoms with van der Waals surface area (Å²) in [4.78, 5) is 7.00. The van der Waals surface area contributed by atoms with Crippen LogP contribution >= 0.6 is 11.8 Å². The SMILES string of the molecule is CCNc1cc(NCCCCCSC)nc(C(F)(F)F)n1. The highest BCUT2D eigenvalue weighted by atomic mass is 32.2. The molecule has 0 saturated heterocycles. The molecular formula is C13H21F3N4S. The fraction of sp³-hybridized carbons (Fsp3) is 0.692. The molecule has 0 aliphatic heterocycles. The third-order valence-corrected chi connectivity index (χ3v) is 3.37. The van der Waals surface area contributed by atoms with Gasteiger partial charge >= 0.3 is 6.18 Å². The maximum absolute atomic E-state index is 12.7. The number of thioether (sulfide) groups is 1. The number of alkyl halides is 3. The zero-order chi connectivity index (χ0) is 15.7. The van der Waals surface area contributed by atoms with E-state index in [0.717, 1.165) is 25.0 Å². The smallest absolute Gasteiger partial charge is 0.370 e. The van der Waals surface area contributed by atoms with Crippen molar-refractivity contribution >= 4 is 23.4 Å². The highest BCUT2D eigenvalue weighted by Gasteiger charge is 2.35. The molecule has 21 heavy (non-hydrogen) atoms. The molecule has 120 valence electrons. The van der Waals surface area contributed by atoms with Gasteiger partial charge < -0.3 is 10.6 Å². The van der Waals surface area contributed by atoms with Crippen molar-refractivity contribution in [1.29, 1.82) is 0 Å².